The molecule has 0 aromatic rings. The van der Waals surface area contributed by atoms with Crippen molar-refractivity contribution in [2.24, 2.45) is 0 Å². The molecule has 0 aliphatic heterocycles. The van der Waals surface area contributed by atoms with Crippen molar-refractivity contribution in [2.45, 2.75) is 6.10 Å². The molecule has 0 atom stereocenters. The van der Waals surface area contributed by atoms with Crippen molar-refractivity contribution >= 4 is 0 Å². The third kappa shape index (κ3) is 41.6. The van der Waals surface area contributed by atoms with E-state index in [1.807, 2.05) is 0 Å². The molecule has 0 saturated heterocycles. The predicted molar refractivity (Wildman–Crippen MR) is 24.5 cm³/mol. The molecule has 0 aliphatic carbocycles. The van der Waals surface area contributed by atoms with Crippen LogP contribution in [0.2, 0.25) is 0 Å². The number of hydrogen-bond donors (Lipinski definition) is 4. The van der Waals surface area contributed by atoms with Gasteiger partial charge in [0.25, 0.3) is 0 Å². The molecule has 0 fully saturated rings. The van der Waals surface area contributed by atoms with Crippen LogP contribution in [-0.4, -0.2) is 38.8 Å². The number of rotatable bonds is 2. The van der Waals surface area contributed by atoms with Gasteiger partial charge >= 0.3 is 28.7 Å². The van der Waals surface area contributed by atoms with Crippen molar-refractivity contribution in [3.05, 3.63) is 0 Å². The maximum atomic E-state index is 8.69. The second-order valence-electron chi connectivity index (χ2n) is 1.41. The Bertz CT molecular complexity index is 191. The molecule has 0 unspecified atom stereocenters. The third-order valence-electron chi connectivity index (χ3n) is 0.421. The second-order valence-corrected chi connectivity index (χ2v) is 2.65. The summed E-state index contributed by atoms with van der Waals surface area (Å²) in [6.07, 6.45) is -0.954. The number of aliphatic hydroxyl groups excluding tert-OH is 3. The minimum atomic E-state index is -5.38. The van der Waals surface area contributed by atoms with Gasteiger partial charge in [0.1, 0.15) is 6.10 Å². The molecule has 0 aliphatic rings. The van der Waals surface area contributed by atoms with Crippen molar-refractivity contribution in [3.8, 4) is 0 Å². The van der Waals surface area contributed by atoms with Crippen LogP contribution in [0.4, 0.5) is 0 Å². The molecule has 7 nitrogen and oxygen atoms in total. The second kappa shape index (κ2) is 6.47. The molecule has 0 rings (SSSR count). The molecule has 0 amide bonds. The standard InChI is InChI=1S/C3H8O3.Mn.H2O.3O/c4-1-3(6)2-5;;;;;/h3-6H,1-2H2;;1H2;;;/q;+1;;;;/p-1. The van der Waals surface area contributed by atoms with Crippen molar-refractivity contribution in [1.82, 2.24) is 0 Å². The predicted octanol–water partition coefficient (Wildman–Crippen LogP) is -2.58. The summed E-state index contributed by atoms with van der Waals surface area (Å²) in [4.78, 5) is 0. The molecule has 0 radical (unpaired) electrons. The Morgan fingerprint density at radius 1 is 1.09 bits per heavy atom. The van der Waals surface area contributed by atoms with Crippen LogP contribution in [0, 0.1) is 0 Å². The molecular formula is C3H9MnO7. The molecule has 4 N–H and O–H groups in total. The van der Waals surface area contributed by atoms with Crippen LogP contribution in [0.5, 0.6) is 0 Å². The Labute approximate surface area is 64.1 Å². The average Bonchev–Trinajstić information content (AvgIpc) is 1.83. The first-order chi connectivity index (χ1) is 4.81. The van der Waals surface area contributed by atoms with Gasteiger partial charge in [-0.05, 0) is 0 Å². The van der Waals surface area contributed by atoms with E-state index in [1.165, 1.54) is 0 Å². The Morgan fingerprint density at radius 2 is 1.27 bits per heavy atom. The zero-order valence-corrected chi connectivity index (χ0v) is 6.56. The van der Waals surface area contributed by atoms with Crippen LogP contribution >= 0.6 is 0 Å². The Balaban J connectivity index is 0. The molecule has 70 valence electrons. The van der Waals surface area contributed by atoms with Crippen LogP contribution in [0.1, 0.15) is 0 Å². The summed E-state index contributed by atoms with van der Waals surface area (Å²) < 4.78 is 33.1. The van der Waals surface area contributed by atoms with E-state index < -0.39 is 19.1 Å². The molecule has 0 aromatic carbocycles. The third-order valence-corrected chi connectivity index (χ3v) is 0.421. The van der Waals surface area contributed by atoms with Gasteiger partial charge in [-0.15, -0.1) is 0 Å². The van der Waals surface area contributed by atoms with E-state index in [0.29, 0.717) is 0 Å². The zero-order chi connectivity index (χ0) is 9.49. The summed E-state index contributed by atoms with van der Waals surface area (Å²) >= 11 is -5.38. The van der Waals surface area contributed by atoms with Gasteiger partial charge in [-0.1, -0.05) is 0 Å². The molecule has 8 heteroatoms. The fourth-order valence-electron chi connectivity index (χ4n) is 0.0577. The van der Waals surface area contributed by atoms with E-state index in [4.69, 9.17) is 31.0 Å². The monoisotopic (exact) mass is 212 g/mol. The van der Waals surface area contributed by atoms with Gasteiger partial charge in [-0.25, -0.2) is 0 Å². The number of aliphatic hydroxyl groups is 3. The van der Waals surface area contributed by atoms with Crippen molar-refractivity contribution in [3.63, 3.8) is 0 Å². The van der Waals surface area contributed by atoms with Crippen molar-refractivity contribution < 1.29 is 44.0 Å². The molecule has 0 aromatic heterocycles. The molecule has 0 saturated carbocycles. The number of hydrogen-bond acceptors (Lipinski definition) is 6. The Morgan fingerprint density at radius 3 is 1.27 bits per heavy atom. The normalized spacial score (nSPS) is 10.6. The van der Waals surface area contributed by atoms with Gasteiger partial charge < -0.3 is 15.3 Å². The fourth-order valence-corrected chi connectivity index (χ4v) is 0.0577. The summed E-state index contributed by atoms with van der Waals surface area (Å²) in [6.45, 7) is -0.729. The molecular weight excluding hydrogens is 203 g/mol. The summed E-state index contributed by atoms with van der Waals surface area (Å²) in [7, 11) is 0. The van der Waals surface area contributed by atoms with E-state index in [1.54, 1.807) is 0 Å². The first-order valence-corrected chi connectivity index (χ1v) is 4.31. The van der Waals surface area contributed by atoms with Gasteiger partial charge in [0.05, 0.1) is 13.2 Å². The average molecular weight is 212 g/mol. The van der Waals surface area contributed by atoms with Crippen molar-refractivity contribution in [2.75, 3.05) is 13.2 Å². The van der Waals surface area contributed by atoms with E-state index in [0.717, 1.165) is 0 Å². The molecule has 11 heavy (non-hydrogen) atoms. The van der Waals surface area contributed by atoms with Gasteiger partial charge in [0.15, 0.2) is 0 Å². The van der Waals surface area contributed by atoms with Crippen LogP contribution in [0.3, 0.4) is 0 Å². The topological polar surface area (TPSA) is 132 Å². The first kappa shape index (κ1) is 13.4. The quantitative estimate of drug-likeness (QED) is 0.369. The van der Waals surface area contributed by atoms with Gasteiger partial charge in [-0.2, -0.15) is 0 Å². The molecule has 0 bridgehead atoms. The fraction of sp³-hybridized carbons (Fsp3) is 1.00. The first-order valence-electron chi connectivity index (χ1n) is 2.34. The van der Waals surface area contributed by atoms with Gasteiger partial charge in [-0.3, -0.25) is 0 Å². The Hall–Kier alpha value is -0.241. The SMILES string of the molecule is OCC(O)CO.[O]=[Mn](=[O])(=[O])[OH]. The summed E-state index contributed by atoms with van der Waals surface area (Å²) in [5, 5.41) is 24.0. The minimum absolute atomic E-state index is 0.365. The van der Waals surface area contributed by atoms with Crippen molar-refractivity contribution in [1.29, 1.82) is 0 Å². The summed E-state index contributed by atoms with van der Waals surface area (Å²) in [5.74, 6) is 0. The van der Waals surface area contributed by atoms with E-state index in [-0.39, 0.29) is 13.2 Å². The van der Waals surface area contributed by atoms with E-state index in [2.05, 4.69) is 0 Å². The van der Waals surface area contributed by atoms with Crippen LogP contribution in [-0.2, 0) is 24.5 Å². The van der Waals surface area contributed by atoms with E-state index in [9.17, 15) is 0 Å². The zero-order valence-electron chi connectivity index (χ0n) is 5.38. The summed E-state index contributed by atoms with van der Waals surface area (Å²) in [5.41, 5.74) is 0. The Kier molecular flexibility index (Phi) is 7.85. The van der Waals surface area contributed by atoms with Crippen LogP contribution < -0.4 is 0 Å². The molecule has 0 spiro atoms. The summed E-state index contributed by atoms with van der Waals surface area (Å²) in [6, 6.07) is 0. The van der Waals surface area contributed by atoms with Gasteiger partial charge in [0, 0.05) is 0 Å². The van der Waals surface area contributed by atoms with E-state index >= 15 is 0 Å². The van der Waals surface area contributed by atoms with Crippen LogP contribution in [0.25, 0.3) is 0 Å². The molecule has 0 heterocycles. The maximum absolute atomic E-state index is 8.69. The van der Waals surface area contributed by atoms with Gasteiger partial charge in [0.2, 0.25) is 0 Å². The van der Waals surface area contributed by atoms with Crippen LogP contribution in [0.15, 0.2) is 0 Å².